The molecule has 0 bridgehead atoms. The predicted octanol–water partition coefficient (Wildman–Crippen LogP) is 3.62. The van der Waals surface area contributed by atoms with Crippen LogP contribution < -0.4 is 0 Å². The van der Waals surface area contributed by atoms with Crippen molar-refractivity contribution in [3.8, 4) is 0 Å². The predicted molar refractivity (Wildman–Crippen MR) is 75.7 cm³/mol. The average molecular weight is 252 g/mol. The Bertz CT molecular complexity index is 627. The number of aryl methyl sites for hydroxylation is 1. The number of ketones is 2. The summed E-state index contributed by atoms with van der Waals surface area (Å²) in [6.45, 7) is 3.49. The van der Waals surface area contributed by atoms with E-state index in [4.69, 9.17) is 0 Å². The molecule has 2 aromatic rings. The highest BCUT2D eigenvalue weighted by Gasteiger charge is 2.08. The normalized spacial score (nSPS) is 10.2. The van der Waals surface area contributed by atoms with Gasteiger partial charge in [-0.15, -0.1) is 0 Å². The van der Waals surface area contributed by atoms with Crippen LogP contribution in [0, 0.1) is 6.92 Å². The fraction of sp³-hybridized carbons (Fsp3) is 0.176. The summed E-state index contributed by atoms with van der Waals surface area (Å²) in [7, 11) is 0. The molecule has 0 saturated carbocycles. The molecule has 0 aliphatic heterocycles. The van der Waals surface area contributed by atoms with Crippen molar-refractivity contribution in [3.05, 3.63) is 70.8 Å². The Morgan fingerprint density at radius 1 is 0.947 bits per heavy atom. The van der Waals surface area contributed by atoms with Gasteiger partial charge in [0.25, 0.3) is 0 Å². The number of hydrogen-bond donors (Lipinski definition) is 0. The molecule has 0 N–H and O–H groups in total. The van der Waals surface area contributed by atoms with Gasteiger partial charge in [0, 0.05) is 17.5 Å². The summed E-state index contributed by atoms with van der Waals surface area (Å²) in [5.41, 5.74) is 3.31. The zero-order valence-corrected chi connectivity index (χ0v) is 11.1. The van der Waals surface area contributed by atoms with Crippen molar-refractivity contribution in [2.24, 2.45) is 0 Å². The molecular formula is C17H16O2. The van der Waals surface area contributed by atoms with Crippen molar-refractivity contribution >= 4 is 11.6 Å². The second-order valence-electron chi connectivity index (χ2n) is 4.73. The van der Waals surface area contributed by atoms with E-state index < -0.39 is 0 Å². The molecule has 2 rings (SSSR count). The van der Waals surface area contributed by atoms with Crippen LogP contribution in [0.3, 0.4) is 0 Å². The molecule has 2 nitrogen and oxygen atoms in total. The summed E-state index contributed by atoms with van der Waals surface area (Å²) in [5, 5.41) is 0. The fourth-order valence-corrected chi connectivity index (χ4v) is 2.01. The van der Waals surface area contributed by atoms with Gasteiger partial charge in [0.1, 0.15) is 0 Å². The summed E-state index contributed by atoms with van der Waals surface area (Å²) in [5.74, 6) is 0.0919. The lowest BCUT2D eigenvalue weighted by Gasteiger charge is -2.04. The van der Waals surface area contributed by atoms with Crippen molar-refractivity contribution in [1.29, 1.82) is 0 Å². The third kappa shape index (κ3) is 3.38. The molecule has 0 atom stereocenters. The average Bonchev–Trinajstić information content (AvgIpc) is 2.39. The Labute approximate surface area is 113 Å². The van der Waals surface area contributed by atoms with Gasteiger partial charge >= 0.3 is 0 Å². The van der Waals surface area contributed by atoms with Gasteiger partial charge in [-0.05, 0) is 31.5 Å². The molecule has 0 fully saturated rings. The summed E-state index contributed by atoms with van der Waals surface area (Å²) >= 11 is 0. The van der Waals surface area contributed by atoms with Crippen LogP contribution in [0.25, 0.3) is 0 Å². The van der Waals surface area contributed by atoms with Crippen molar-refractivity contribution in [1.82, 2.24) is 0 Å². The lowest BCUT2D eigenvalue weighted by atomic mass is 9.99. The highest BCUT2D eigenvalue weighted by molar-refractivity contribution is 5.98. The maximum absolute atomic E-state index is 12.2. The van der Waals surface area contributed by atoms with Gasteiger partial charge in [0.2, 0.25) is 0 Å². The van der Waals surface area contributed by atoms with Gasteiger partial charge in [-0.1, -0.05) is 42.0 Å². The number of hydrogen-bond acceptors (Lipinski definition) is 2. The lowest BCUT2D eigenvalue weighted by Crippen LogP contribution is -2.04. The smallest absolute Gasteiger partial charge is 0.167 e. The second-order valence-corrected chi connectivity index (χ2v) is 4.73. The lowest BCUT2D eigenvalue weighted by molar-refractivity contribution is 0.0987. The molecule has 0 spiro atoms. The van der Waals surface area contributed by atoms with Crippen molar-refractivity contribution in [3.63, 3.8) is 0 Å². The number of rotatable bonds is 4. The van der Waals surface area contributed by atoms with Gasteiger partial charge in [-0.2, -0.15) is 0 Å². The third-order valence-electron chi connectivity index (χ3n) is 3.04. The van der Waals surface area contributed by atoms with Crippen molar-refractivity contribution < 1.29 is 9.59 Å². The maximum atomic E-state index is 12.2. The van der Waals surface area contributed by atoms with Crippen LogP contribution in [-0.4, -0.2) is 11.6 Å². The van der Waals surface area contributed by atoms with E-state index in [0.29, 0.717) is 17.5 Å². The minimum absolute atomic E-state index is 0.0184. The van der Waals surface area contributed by atoms with Gasteiger partial charge in [0.15, 0.2) is 11.6 Å². The first-order chi connectivity index (χ1) is 9.06. The zero-order valence-electron chi connectivity index (χ0n) is 11.1. The second kappa shape index (κ2) is 5.61. The van der Waals surface area contributed by atoms with Crippen molar-refractivity contribution in [2.75, 3.05) is 0 Å². The van der Waals surface area contributed by atoms with Gasteiger partial charge in [0.05, 0.1) is 0 Å². The van der Waals surface area contributed by atoms with Crippen LogP contribution in [0.4, 0.5) is 0 Å². The van der Waals surface area contributed by atoms with E-state index in [2.05, 4.69) is 0 Å². The Hall–Kier alpha value is -2.22. The van der Waals surface area contributed by atoms with Crippen LogP contribution in [0.5, 0.6) is 0 Å². The first-order valence-electron chi connectivity index (χ1n) is 6.26. The SMILES string of the molecule is CC(=O)c1cccc(CC(=O)c2cccc(C)c2)c1. The van der Waals surface area contributed by atoms with E-state index in [0.717, 1.165) is 11.1 Å². The maximum Gasteiger partial charge on any atom is 0.167 e. The number of carbonyl (C=O) groups is 2. The minimum Gasteiger partial charge on any atom is -0.295 e. The Kier molecular flexibility index (Phi) is 3.91. The van der Waals surface area contributed by atoms with E-state index in [9.17, 15) is 9.59 Å². The molecule has 0 aliphatic carbocycles. The third-order valence-corrected chi connectivity index (χ3v) is 3.04. The van der Waals surface area contributed by atoms with Crippen LogP contribution in [0.2, 0.25) is 0 Å². The topological polar surface area (TPSA) is 34.1 Å². The number of carbonyl (C=O) groups excluding carboxylic acids is 2. The van der Waals surface area contributed by atoms with E-state index >= 15 is 0 Å². The number of benzene rings is 2. The van der Waals surface area contributed by atoms with E-state index in [1.807, 2.05) is 43.3 Å². The van der Waals surface area contributed by atoms with Crippen molar-refractivity contribution in [2.45, 2.75) is 20.3 Å². The standard InChI is InChI=1S/C17H16O2/c1-12-5-3-8-16(9-12)17(19)11-14-6-4-7-15(10-14)13(2)18/h3-10H,11H2,1-2H3. The summed E-state index contributed by atoms with van der Waals surface area (Å²) in [4.78, 5) is 23.5. The molecule has 0 saturated heterocycles. The molecule has 0 radical (unpaired) electrons. The quantitative estimate of drug-likeness (QED) is 0.779. The first kappa shape index (κ1) is 13.2. The monoisotopic (exact) mass is 252 g/mol. The Morgan fingerprint density at radius 3 is 2.32 bits per heavy atom. The number of Topliss-reactive ketones (excluding diaryl/α,β-unsaturated/α-hetero) is 2. The van der Waals surface area contributed by atoms with Gasteiger partial charge < -0.3 is 0 Å². The Balaban J connectivity index is 2.19. The first-order valence-corrected chi connectivity index (χ1v) is 6.26. The minimum atomic E-state index is 0.0184. The summed E-state index contributed by atoms with van der Waals surface area (Å²) < 4.78 is 0. The summed E-state index contributed by atoms with van der Waals surface area (Å²) in [6, 6.07) is 14.8. The molecule has 0 aliphatic rings. The molecule has 0 aromatic heterocycles. The Morgan fingerprint density at radius 2 is 1.63 bits per heavy atom. The largest absolute Gasteiger partial charge is 0.295 e. The molecule has 2 aromatic carbocycles. The van der Waals surface area contributed by atoms with E-state index in [1.54, 1.807) is 12.1 Å². The zero-order chi connectivity index (χ0) is 13.8. The summed E-state index contributed by atoms with van der Waals surface area (Å²) in [6.07, 6.45) is 0.324. The fourth-order valence-electron chi connectivity index (χ4n) is 2.01. The molecule has 0 unspecified atom stereocenters. The van der Waals surface area contributed by atoms with E-state index in [-0.39, 0.29) is 11.6 Å². The molecule has 19 heavy (non-hydrogen) atoms. The van der Waals surface area contributed by atoms with Crippen LogP contribution in [0.15, 0.2) is 48.5 Å². The molecular weight excluding hydrogens is 236 g/mol. The highest BCUT2D eigenvalue weighted by atomic mass is 16.1. The molecule has 2 heteroatoms. The molecule has 0 heterocycles. The van der Waals surface area contributed by atoms with Gasteiger partial charge in [-0.25, -0.2) is 0 Å². The van der Waals surface area contributed by atoms with Gasteiger partial charge in [-0.3, -0.25) is 9.59 Å². The highest BCUT2D eigenvalue weighted by Crippen LogP contribution is 2.11. The molecule has 0 amide bonds. The van der Waals surface area contributed by atoms with Crippen LogP contribution in [-0.2, 0) is 6.42 Å². The van der Waals surface area contributed by atoms with Crippen LogP contribution in [0.1, 0.15) is 38.8 Å². The molecule has 96 valence electrons. The van der Waals surface area contributed by atoms with Crippen LogP contribution >= 0.6 is 0 Å². The van der Waals surface area contributed by atoms with E-state index in [1.165, 1.54) is 6.92 Å².